The maximum atomic E-state index is 13.1. The number of carbonyl (C=O) groups is 1. The molecule has 2 heterocycles. The molecule has 1 atom stereocenters. The Balaban J connectivity index is 1.86. The summed E-state index contributed by atoms with van der Waals surface area (Å²) in [7, 11) is 0. The molecule has 2 aliphatic rings. The van der Waals surface area contributed by atoms with E-state index in [1.165, 1.54) is 0 Å². The Morgan fingerprint density at radius 2 is 1.59 bits per heavy atom. The van der Waals surface area contributed by atoms with Gasteiger partial charge in [0.2, 0.25) is 0 Å². The first kappa shape index (κ1) is 13.5. The number of benzene rings is 2. The van der Waals surface area contributed by atoms with Crippen molar-refractivity contribution in [1.29, 1.82) is 0 Å². The van der Waals surface area contributed by atoms with Gasteiger partial charge in [-0.1, -0.05) is 42.5 Å². The lowest BCUT2D eigenvalue weighted by molar-refractivity contribution is -0.176. The van der Waals surface area contributed by atoms with E-state index in [4.69, 9.17) is 14.2 Å². The van der Waals surface area contributed by atoms with Gasteiger partial charge in [0.05, 0.1) is 18.8 Å². The molecule has 2 aliphatic heterocycles. The molecule has 2 aromatic rings. The molecule has 0 amide bonds. The minimum Gasteiger partial charge on any atom is -0.484 e. The second-order valence-corrected chi connectivity index (χ2v) is 5.70. The van der Waals surface area contributed by atoms with Gasteiger partial charge in [-0.25, -0.2) is 0 Å². The van der Waals surface area contributed by atoms with Crippen LogP contribution < -0.4 is 4.74 Å². The second-order valence-electron chi connectivity index (χ2n) is 5.70. The number of rotatable bonds is 1. The van der Waals surface area contributed by atoms with Crippen molar-refractivity contribution >= 4 is 5.78 Å². The molecule has 1 saturated heterocycles. The number of hydrogen-bond donors (Lipinski definition) is 0. The van der Waals surface area contributed by atoms with Gasteiger partial charge in [-0.05, 0) is 17.7 Å². The first-order chi connectivity index (χ1) is 10.8. The standard InChI is InChI=1S/C18H16O4/c19-16-14-8-4-5-9-15(14)22-17(13-6-2-1-3-7-13)18(16)10-20-12-21-11-18/h1-9,17H,10-12H2. The van der Waals surface area contributed by atoms with Crippen molar-refractivity contribution in [2.45, 2.75) is 6.10 Å². The van der Waals surface area contributed by atoms with Gasteiger partial charge in [0, 0.05) is 0 Å². The molecular formula is C18H16O4. The molecule has 4 nitrogen and oxygen atoms in total. The van der Waals surface area contributed by atoms with Crippen LogP contribution in [-0.4, -0.2) is 25.8 Å². The number of hydrogen-bond acceptors (Lipinski definition) is 4. The molecule has 112 valence electrons. The Morgan fingerprint density at radius 1 is 0.909 bits per heavy atom. The van der Waals surface area contributed by atoms with Gasteiger partial charge in [0.1, 0.15) is 24.1 Å². The summed E-state index contributed by atoms with van der Waals surface area (Å²) in [5.41, 5.74) is 0.733. The fraction of sp³-hybridized carbons (Fsp3) is 0.278. The number of ether oxygens (including phenoxy) is 3. The molecule has 0 aliphatic carbocycles. The molecule has 1 fully saturated rings. The third-order valence-electron chi connectivity index (χ3n) is 4.32. The molecule has 0 bridgehead atoms. The summed E-state index contributed by atoms with van der Waals surface area (Å²) < 4.78 is 17.2. The van der Waals surface area contributed by atoms with E-state index in [0.717, 1.165) is 5.56 Å². The van der Waals surface area contributed by atoms with Crippen molar-refractivity contribution in [2.24, 2.45) is 5.41 Å². The van der Waals surface area contributed by atoms with Crippen molar-refractivity contribution in [3.05, 3.63) is 65.7 Å². The Hall–Kier alpha value is -2.17. The molecule has 1 spiro atoms. The normalized spacial score (nSPS) is 22.9. The molecule has 0 saturated carbocycles. The maximum absolute atomic E-state index is 13.1. The molecule has 0 aromatic heterocycles. The largest absolute Gasteiger partial charge is 0.484 e. The average molecular weight is 296 g/mol. The van der Waals surface area contributed by atoms with Crippen molar-refractivity contribution in [2.75, 3.05) is 20.0 Å². The lowest BCUT2D eigenvalue weighted by Gasteiger charge is -2.44. The Morgan fingerprint density at radius 3 is 2.36 bits per heavy atom. The van der Waals surface area contributed by atoms with Crippen LogP contribution in [0.25, 0.3) is 0 Å². The maximum Gasteiger partial charge on any atom is 0.181 e. The zero-order valence-electron chi connectivity index (χ0n) is 12.0. The van der Waals surface area contributed by atoms with Crippen LogP contribution in [0, 0.1) is 5.41 Å². The van der Waals surface area contributed by atoms with Crippen molar-refractivity contribution in [1.82, 2.24) is 0 Å². The van der Waals surface area contributed by atoms with E-state index in [1.807, 2.05) is 48.5 Å². The van der Waals surface area contributed by atoms with Gasteiger partial charge in [0.15, 0.2) is 5.78 Å². The van der Waals surface area contributed by atoms with Gasteiger partial charge in [0.25, 0.3) is 0 Å². The lowest BCUT2D eigenvalue weighted by Crippen LogP contribution is -2.52. The highest BCUT2D eigenvalue weighted by atomic mass is 16.7. The van der Waals surface area contributed by atoms with Gasteiger partial charge in [-0.3, -0.25) is 4.79 Å². The fourth-order valence-corrected chi connectivity index (χ4v) is 3.23. The Bertz CT molecular complexity index is 689. The fourth-order valence-electron chi connectivity index (χ4n) is 3.23. The lowest BCUT2D eigenvalue weighted by atomic mass is 9.72. The summed E-state index contributed by atoms with van der Waals surface area (Å²) in [5, 5.41) is 0. The zero-order chi connectivity index (χ0) is 15.0. The van der Waals surface area contributed by atoms with Crippen molar-refractivity contribution < 1.29 is 19.0 Å². The number of Topliss-reactive ketones (excluding diaryl/α,β-unsaturated/α-hetero) is 1. The van der Waals surface area contributed by atoms with Crippen LogP contribution in [0.5, 0.6) is 5.75 Å². The van der Waals surface area contributed by atoms with E-state index in [9.17, 15) is 4.79 Å². The molecule has 4 rings (SSSR count). The van der Waals surface area contributed by atoms with Gasteiger partial charge < -0.3 is 14.2 Å². The first-order valence-electron chi connectivity index (χ1n) is 7.32. The minimum atomic E-state index is -0.825. The highest BCUT2D eigenvalue weighted by Gasteiger charge is 2.53. The van der Waals surface area contributed by atoms with Gasteiger partial charge in [-0.2, -0.15) is 0 Å². The quantitative estimate of drug-likeness (QED) is 0.811. The molecule has 22 heavy (non-hydrogen) atoms. The SMILES string of the molecule is O=C1c2ccccc2OC(c2ccccc2)C12COCOC2. The topological polar surface area (TPSA) is 44.8 Å². The molecule has 4 heteroatoms. The molecule has 0 N–H and O–H groups in total. The Labute approximate surface area is 128 Å². The smallest absolute Gasteiger partial charge is 0.181 e. The summed E-state index contributed by atoms with van der Waals surface area (Å²) in [6, 6.07) is 17.1. The monoisotopic (exact) mass is 296 g/mol. The highest BCUT2D eigenvalue weighted by molar-refractivity contribution is 6.04. The predicted molar refractivity (Wildman–Crippen MR) is 79.8 cm³/mol. The van der Waals surface area contributed by atoms with Crippen LogP contribution in [0.4, 0.5) is 0 Å². The first-order valence-corrected chi connectivity index (χ1v) is 7.32. The summed E-state index contributed by atoms with van der Waals surface area (Å²) in [4.78, 5) is 13.1. The van der Waals surface area contributed by atoms with Crippen LogP contribution in [0.1, 0.15) is 22.0 Å². The summed E-state index contributed by atoms with van der Waals surface area (Å²) in [6.07, 6.45) is -0.406. The molecule has 0 radical (unpaired) electrons. The van der Waals surface area contributed by atoms with Gasteiger partial charge in [-0.15, -0.1) is 0 Å². The average Bonchev–Trinajstić information content (AvgIpc) is 2.60. The van der Waals surface area contributed by atoms with Crippen LogP contribution in [-0.2, 0) is 9.47 Å². The van der Waals surface area contributed by atoms with Crippen molar-refractivity contribution in [3.63, 3.8) is 0 Å². The zero-order valence-corrected chi connectivity index (χ0v) is 12.0. The van der Waals surface area contributed by atoms with E-state index in [2.05, 4.69) is 0 Å². The van der Waals surface area contributed by atoms with E-state index in [1.54, 1.807) is 6.07 Å². The van der Waals surface area contributed by atoms with Crippen LogP contribution in [0.2, 0.25) is 0 Å². The van der Waals surface area contributed by atoms with E-state index in [-0.39, 0.29) is 12.6 Å². The molecular weight excluding hydrogens is 280 g/mol. The number of fused-ring (bicyclic) bond motifs is 1. The number of carbonyl (C=O) groups excluding carboxylic acids is 1. The predicted octanol–water partition coefficient (Wildman–Crippen LogP) is 2.99. The summed E-state index contributed by atoms with van der Waals surface area (Å²) in [5.74, 6) is 0.653. The molecule has 1 unspecified atom stereocenters. The van der Waals surface area contributed by atoms with E-state index >= 15 is 0 Å². The second kappa shape index (κ2) is 5.23. The van der Waals surface area contributed by atoms with E-state index in [0.29, 0.717) is 24.5 Å². The number of para-hydroxylation sites is 1. The van der Waals surface area contributed by atoms with Crippen LogP contribution in [0.3, 0.4) is 0 Å². The molecule has 2 aromatic carbocycles. The minimum absolute atomic E-state index is 0.0305. The van der Waals surface area contributed by atoms with Crippen LogP contribution >= 0.6 is 0 Å². The Kier molecular flexibility index (Phi) is 3.21. The van der Waals surface area contributed by atoms with Gasteiger partial charge >= 0.3 is 0 Å². The van der Waals surface area contributed by atoms with Crippen molar-refractivity contribution in [3.8, 4) is 5.75 Å². The third-order valence-corrected chi connectivity index (χ3v) is 4.32. The van der Waals surface area contributed by atoms with Crippen LogP contribution in [0.15, 0.2) is 54.6 Å². The highest BCUT2D eigenvalue weighted by Crippen LogP contribution is 2.47. The summed E-state index contributed by atoms with van der Waals surface area (Å²) >= 11 is 0. The van der Waals surface area contributed by atoms with E-state index < -0.39 is 11.5 Å². The third kappa shape index (κ3) is 1.95. The number of ketones is 1. The summed E-state index contributed by atoms with van der Waals surface area (Å²) in [6.45, 7) is 0.831.